The van der Waals surface area contributed by atoms with E-state index >= 15 is 0 Å². The van der Waals surface area contributed by atoms with Crippen molar-refractivity contribution >= 4 is 61.3 Å². The van der Waals surface area contributed by atoms with Crippen molar-refractivity contribution in [3.05, 3.63) is 97.5 Å². The molecule has 0 saturated heterocycles. The van der Waals surface area contributed by atoms with Gasteiger partial charge in [0.2, 0.25) is 0 Å². The molecule has 4 aromatic rings. The maximum Gasteiger partial charge on any atom is 0.294 e. The van der Waals surface area contributed by atoms with Crippen LogP contribution in [-0.4, -0.2) is 23.3 Å². The van der Waals surface area contributed by atoms with Crippen LogP contribution in [0.5, 0.6) is 5.75 Å². The van der Waals surface area contributed by atoms with Gasteiger partial charge in [-0.1, -0.05) is 12.1 Å². The Hall–Kier alpha value is -4.24. The number of anilines is 3. The number of carbonyl (C=O) groups excluding carboxylic acids is 2. The zero-order valence-electron chi connectivity index (χ0n) is 20.3. The summed E-state index contributed by atoms with van der Waals surface area (Å²) in [6.07, 6.45) is 0. The summed E-state index contributed by atoms with van der Waals surface area (Å²) in [5.41, 5.74) is 3.39. The molecular weight excluding hydrogens is 538 g/mol. The number of imide groups is 1. The molecule has 1 aliphatic rings. The van der Waals surface area contributed by atoms with Crippen LogP contribution in [0.4, 0.5) is 22.7 Å². The minimum absolute atomic E-state index is 0.0930. The molecule has 8 nitrogen and oxygen atoms in total. The summed E-state index contributed by atoms with van der Waals surface area (Å²) in [6, 6.07) is 16.6. The number of hydrogen-bond acceptors (Lipinski definition) is 6. The number of carbonyl (C=O) groups is 2. The van der Waals surface area contributed by atoms with Gasteiger partial charge in [-0.05, 0) is 90.3 Å². The molecule has 1 aliphatic heterocycles. The summed E-state index contributed by atoms with van der Waals surface area (Å²) in [5.74, 6) is -0.520. The third kappa shape index (κ3) is 4.11. The van der Waals surface area contributed by atoms with E-state index in [1.54, 1.807) is 42.5 Å². The fraction of sp³-hybridized carbons (Fsp3) is 0.143. The van der Waals surface area contributed by atoms with Crippen LogP contribution < -0.4 is 15.0 Å². The molecule has 0 bridgehead atoms. The first-order valence-electron chi connectivity index (χ1n) is 11.6. The van der Waals surface area contributed by atoms with Crippen molar-refractivity contribution in [2.45, 2.75) is 20.8 Å². The average Bonchev–Trinajstić information content (AvgIpc) is 2.87. The highest BCUT2D eigenvalue weighted by molar-refractivity contribution is 9.10. The quantitative estimate of drug-likeness (QED) is 0.154. The number of benzene rings is 4. The van der Waals surface area contributed by atoms with Gasteiger partial charge in [0.15, 0.2) is 0 Å². The van der Waals surface area contributed by atoms with E-state index in [-0.39, 0.29) is 22.5 Å². The smallest absolute Gasteiger partial charge is 0.294 e. The number of amides is 2. The van der Waals surface area contributed by atoms with Crippen LogP contribution in [0.2, 0.25) is 0 Å². The van der Waals surface area contributed by atoms with Crippen molar-refractivity contribution in [3.63, 3.8) is 0 Å². The van der Waals surface area contributed by atoms with Crippen molar-refractivity contribution in [2.75, 3.05) is 16.8 Å². The highest BCUT2D eigenvalue weighted by Gasteiger charge is 2.37. The molecule has 0 aromatic heterocycles. The van der Waals surface area contributed by atoms with Gasteiger partial charge in [0.25, 0.3) is 17.5 Å². The van der Waals surface area contributed by atoms with Crippen LogP contribution in [0, 0.1) is 24.0 Å². The lowest BCUT2D eigenvalue weighted by atomic mass is 9.91. The second-order valence-corrected chi connectivity index (χ2v) is 9.57. The van der Waals surface area contributed by atoms with Crippen molar-refractivity contribution in [1.29, 1.82) is 0 Å². The van der Waals surface area contributed by atoms with Crippen molar-refractivity contribution in [3.8, 4) is 5.75 Å². The Morgan fingerprint density at radius 1 is 0.973 bits per heavy atom. The second-order valence-electron chi connectivity index (χ2n) is 8.72. The van der Waals surface area contributed by atoms with Crippen molar-refractivity contribution < 1.29 is 19.2 Å². The molecule has 0 unspecified atom stereocenters. The van der Waals surface area contributed by atoms with Crippen LogP contribution in [0.25, 0.3) is 10.8 Å². The SMILES string of the molecule is CCOc1ccc(N2C(=O)c3cccc4c(Nc5cc(C)c(C)cc5Br)c([N+](=O)[O-])cc(c34)C2=O)cc1. The van der Waals surface area contributed by atoms with Crippen LogP contribution in [0.3, 0.4) is 0 Å². The van der Waals surface area contributed by atoms with Gasteiger partial charge in [-0.3, -0.25) is 19.7 Å². The number of hydrogen-bond donors (Lipinski definition) is 1. The number of ether oxygens (including phenoxy) is 1. The fourth-order valence-corrected chi connectivity index (χ4v) is 5.09. The van der Waals surface area contributed by atoms with Gasteiger partial charge < -0.3 is 10.1 Å². The van der Waals surface area contributed by atoms with Crippen LogP contribution in [-0.2, 0) is 0 Å². The number of nitro benzene ring substituents is 1. The van der Waals surface area contributed by atoms with Gasteiger partial charge in [-0.15, -0.1) is 0 Å². The maximum atomic E-state index is 13.6. The summed E-state index contributed by atoms with van der Waals surface area (Å²) in [7, 11) is 0. The van der Waals surface area contributed by atoms with Crippen molar-refractivity contribution in [2.24, 2.45) is 0 Å². The lowest BCUT2D eigenvalue weighted by Gasteiger charge is -2.28. The monoisotopic (exact) mass is 559 g/mol. The van der Waals surface area contributed by atoms with Gasteiger partial charge >= 0.3 is 0 Å². The summed E-state index contributed by atoms with van der Waals surface area (Å²) in [4.78, 5) is 39.9. The Morgan fingerprint density at radius 3 is 2.32 bits per heavy atom. The van der Waals surface area contributed by atoms with Gasteiger partial charge in [-0.2, -0.15) is 0 Å². The number of nitrogens with one attached hydrogen (secondary N) is 1. The van der Waals surface area contributed by atoms with E-state index in [0.29, 0.717) is 34.5 Å². The zero-order chi connectivity index (χ0) is 26.4. The molecule has 37 heavy (non-hydrogen) atoms. The minimum atomic E-state index is -0.625. The predicted octanol–water partition coefficient (Wildman–Crippen LogP) is 7.07. The second kappa shape index (κ2) is 9.33. The van der Waals surface area contributed by atoms with E-state index in [2.05, 4.69) is 21.2 Å². The molecule has 0 saturated carbocycles. The Morgan fingerprint density at radius 2 is 1.65 bits per heavy atom. The Kier molecular flexibility index (Phi) is 6.16. The van der Waals surface area contributed by atoms with E-state index in [1.807, 2.05) is 32.9 Å². The molecule has 0 atom stereocenters. The highest BCUT2D eigenvalue weighted by atomic mass is 79.9. The van der Waals surface area contributed by atoms with E-state index in [0.717, 1.165) is 20.5 Å². The first kappa shape index (κ1) is 24.5. The molecule has 4 aromatic carbocycles. The predicted molar refractivity (Wildman–Crippen MR) is 146 cm³/mol. The largest absolute Gasteiger partial charge is 0.494 e. The van der Waals surface area contributed by atoms with Crippen LogP contribution in [0.15, 0.2) is 65.1 Å². The van der Waals surface area contributed by atoms with Crippen LogP contribution >= 0.6 is 15.9 Å². The van der Waals surface area contributed by atoms with E-state index in [1.165, 1.54) is 6.07 Å². The molecule has 0 fully saturated rings. The highest BCUT2D eigenvalue weighted by Crippen LogP contribution is 2.43. The molecular formula is C28H22BrN3O5. The third-order valence-electron chi connectivity index (χ3n) is 6.45. The fourth-order valence-electron chi connectivity index (χ4n) is 4.53. The lowest BCUT2D eigenvalue weighted by Crippen LogP contribution is -2.40. The Labute approximate surface area is 221 Å². The zero-order valence-corrected chi connectivity index (χ0v) is 21.9. The van der Waals surface area contributed by atoms with Crippen LogP contribution in [0.1, 0.15) is 38.8 Å². The lowest BCUT2D eigenvalue weighted by molar-refractivity contribution is -0.383. The average molecular weight is 560 g/mol. The topological polar surface area (TPSA) is 102 Å². The van der Waals surface area contributed by atoms with Crippen molar-refractivity contribution in [1.82, 2.24) is 0 Å². The first-order valence-corrected chi connectivity index (χ1v) is 12.4. The summed E-state index contributed by atoms with van der Waals surface area (Å²) in [5, 5.41) is 16.2. The molecule has 0 aliphatic carbocycles. The van der Waals surface area contributed by atoms with Gasteiger partial charge in [0, 0.05) is 26.9 Å². The molecule has 2 amide bonds. The number of nitro groups is 1. The van der Waals surface area contributed by atoms with E-state index in [9.17, 15) is 19.7 Å². The van der Waals surface area contributed by atoms with E-state index < -0.39 is 16.7 Å². The molecule has 1 heterocycles. The normalized spacial score (nSPS) is 12.7. The maximum absolute atomic E-state index is 13.6. The minimum Gasteiger partial charge on any atom is -0.494 e. The summed E-state index contributed by atoms with van der Waals surface area (Å²) in [6.45, 7) is 6.26. The third-order valence-corrected chi connectivity index (χ3v) is 7.11. The number of nitrogens with zero attached hydrogens (tertiary/aromatic N) is 2. The summed E-state index contributed by atoms with van der Waals surface area (Å²) < 4.78 is 6.19. The Bertz CT molecular complexity index is 1620. The summed E-state index contributed by atoms with van der Waals surface area (Å²) >= 11 is 3.53. The Balaban J connectivity index is 1.69. The molecule has 0 radical (unpaired) electrons. The molecule has 5 rings (SSSR count). The first-order chi connectivity index (χ1) is 17.7. The molecule has 9 heteroatoms. The number of halogens is 1. The molecule has 0 spiro atoms. The van der Waals surface area contributed by atoms with Gasteiger partial charge in [0.1, 0.15) is 11.4 Å². The molecule has 186 valence electrons. The standard InChI is InChI=1S/C28H22BrN3O5/c1-4-37-18-10-8-17(9-11-18)31-27(33)20-7-5-6-19-25(20)21(28(31)34)14-24(32(35)36)26(19)30-23-13-16(3)15(2)12-22(23)29/h5-14,30H,4H2,1-3H3. The molecule has 1 N–H and O–H groups in total. The number of rotatable bonds is 6. The van der Waals surface area contributed by atoms with Gasteiger partial charge in [0.05, 0.1) is 28.5 Å². The van der Waals surface area contributed by atoms with Gasteiger partial charge in [-0.25, -0.2) is 4.90 Å². The van der Waals surface area contributed by atoms with E-state index in [4.69, 9.17) is 4.74 Å². The number of aryl methyl sites for hydroxylation is 2.